The van der Waals surface area contributed by atoms with Gasteiger partial charge in [0.15, 0.2) is 6.10 Å². The Hall–Kier alpha value is -2.34. The molecule has 1 aromatic carbocycles. The molecular weight excluding hydrogens is 362 g/mol. The van der Waals surface area contributed by atoms with E-state index in [9.17, 15) is 9.59 Å². The van der Waals surface area contributed by atoms with E-state index in [4.69, 9.17) is 9.47 Å². The fraction of sp³-hybridized carbons (Fsp3) is 0.429. The smallest absolute Gasteiger partial charge is 0.341 e. The van der Waals surface area contributed by atoms with Crippen molar-refractivity contribution in [3.05, 3.63) is 45.8 Å². The number of rotatable bonds is 6. The number of benzene rings is 1. The van der Waals surface area contributed by atoms with Gasteiger partial charge in [-0.1, -0.05) is 19.1 Å². The number of carbonyl (C=O) groups is 2. The Morgan fingerprint density at radius 1 is 1.26 bits per heavy atom. The molecular formula is C21H25NO4S. The minimum absolute atomic E-state index is 0.247. The molecule has 0 saturated carbocycles. The van der Waals surface area contributed by atoms with E-state index >= 15 is 0 Å². The Balaban J connectivity index is 1.81. The van der Waals surface area contributed by atoms with E-state index in [1.165, 1.54) is 23.3 Å². The molecule has 6 heteroatoms. The molecule has 1 aromatic heterocycles. The number of nitrogens with one attached hydrogen (secondary N) is 1. The second-order valence-corrected chi connectivity index (χ2v) is 7.83. The van der Waals surface area contributed by atoms with Gasteiger partial charge in [0.05, 0.1) is 12.7 Å². The average Bonchev–Trinajstić information content (AvgIpc) is 3.03. The van der Waals surface area contributed by atoms with E-state index in [1.54, 1.807) is 0 Å². The topological polar surface area (TPSA) is 64.6 Å². The highest BCUT2D eigenvalue weighted by Gasteiger charge is 2.28. The van der Waals surface area contributed by atoms with Gasteiger partial charge in [0, 0.05) is 4.88 Å². The van der Waals surface area contributed by atoms with Crippen molar-refractivity contribution in [1.29, 1.82) is 0 Å². The molecule has 0 bridgehead atoms. The van der Waals surface area contributed by atoms with Crippen molar-refractivity contribution in [2.45, 2.75) is 52.1 Å². The van der Waals surface area contributed by atoms with E-state index in [2.05, 4.69) is 5.32 Å². The van der Waals surface area contributed by atoms with Gasteiger partial charge in [0.2, 0.25) is 0 Å². The Morgan fingerprint density at radius 2 is 2.04 bits per heavy atom. The molecule has 1 atom stereocenters. The van der Waals surface area contributed by atoms with Gasteiger partial charge in [-0.3, -0.25) is 4.79 Å². The molecule has 5 nitrogen and oxygen atoms in total. The lowest BCUT2D eigenvalue weighted by Gasteiger charge is -2.17. The third-order valence-electron chi connectivity index (χ3n) is 4.73. The van der Waals surface area contributed by atoms with Crippen molar-refractivity contribution in [1.82, 2.24) is 0 Å². The number of hydrogen-bond acceptors (Lipinski definition) is 5. The van der Waals surface area contributed by atoms with Crippen LogP contribution in [0, 0.1) is 6.92 Å². The number of aryl methyl sites for hydroxylation is 2. The Labute approximate surface area is 163 Å². The number of thiophene rings is 1. The fourth-order valence-electron chi connectivity index (χ4n) is 3.34. The fourth-order valence-corrected chi connectivity index (χ4v) is 4.62. The molecule has 0 aliphatic heterocycles. The molecule has 0 saturated heterocycles. The third-order valence-corrected chi connectivity index (χ3v) is 5.94. The Morgan fingerprint density at radius 3 is 2.74 bits per heavy atom. The Kier molecular flexibility index (Phi) is 6.16. The molecule has 3 rings (SSSR count). The van der Waals surface area contributed by atoms with Gasteiger partial charge in [-0.2, -0.15) is 0 Å². The van der Waals surface area contributed by atoms with Crippen LogP contribution in [0.25, 0.3) is 0 Å². The lowest BCUT2D eigenvalue weighted by atomic mass is 9.95. The molecule has 0 spiro atoms. The maximum atomic E-state index is 12.8. The molecule has 144 valence electrons. The molecule has 27 heavy (non-hydrogen) atoms. The van der Waals surface area contributed by atoms with E-state index in [1.807, 2.05) is 38.1 Å². The molecule has 1 aliphatic rings. The third kappa shape index (κ3) is 4.33. The highest BCUT2D eigenvalue weighted by Crippen LogP contribution is 2.38. The maximum Gasteiger partial charge on any atom is 0.341 e. The summed E-state index contributed by atoms with van der Waals surface area (Å²) in [7, 11) is 1.37. The normalized spacial score (nSPS) is 14.2. The molecule has 1 heterocycles. The zero-order chi connectivity index (χ0) is 19.4. The Bertz CT molecular complexity index is 843. The van der Waals surface area contributed by atoms with Crippen LogP contribution >= 0.6 is 11.3 Å². The quantitative estimate of drug-likeness (QED) is 0.740. The number of amides is 1. The number of ether oxygens (including phenoxy) is 2. The number of fused-ring (bicyclic) bond motifs is 1. The summed E-state index contributed by atoms with van der Waals surface area (Å²) in [6.07, 6.45) is 3.85. The molecule has 0 fully saturated rings. The van der Waals surface area contributed by atoms with Crippen molar-refractivity contribution in [2.75, 3.05) is 12.4 Å². The van der Waals surface area contributed by atoms with Crippen LogP contribution in [0.5, 0.6) is 5.75 Å². The minimum Gasteiger partial charge on any atom is -0.481 e. The lowest BCUT2D eigenvalue weighted by Crippen LogP contribution is -2.32. The van der Waals surface area contributed by atoms with Gasteiger partial charge in [0.1, 0.15) is 10.8 Å². The molecule has 1 aliphatic carbocycles. The van der Waals surface area contributed by atoms with Crippen LogP contribution in [0.15, 0.2) is 24.3 Å². The van der Waals surface area contributed by atoms with Crippen LogP contribution in [-0.4, -0.2) is 25.1 Å². The van der Waals surface area contributed by atoms with Crippen molar-refractivity contribution in [2.24, 2.45) is 0 Å². The van der Waals surface area contributed by atoms with E-state index < -0.39 is 12.1 Å². The second-order valence-electron chi connectivity index (χ2n) is 6.73. The standard InChI is InChI=1S/C21H25NO4S/c1-4-16(26-14-9-7-8-13(2)12-14)19(23)22-20-18(21(24)25-3)15-10-5-6-11-17(15)27-20/h7-9,12,16H,4-6,10-11H2,1-3H3,(H,22,23). The number of anilines is 1. The summed E-state index contributed by atoms with van der Waals surface area (Å²) in [5.74, 6) is 0.0239. The zero-order valence-corrected chi connectivity index (χ0v) is 16.8. The molecule has 1 unspecified atom stereocenters. The first-order valence-corrected chi connectivity index (χ1v) is 10.1. The van der Waals surface area contributed by atoms with Crippen molar-refractivity contribution in [3.63, 3.8) is 0 Å². The molecule has 2 aromatic rings. The number of esters is 1. The van der Waals surface area contributed by atoms with Gasteiger partial charge in [0.25, 0.3) is 5.91 Å². The van der Waals surface area contributed by atoms with E-state index in [-0.39, 0.29) is 5.91 Å². The minimum atomic E-state index is -0.628. The summed E-state index contributed by atoms with van der Waals surface area (Å²) < 4.78 is 10.8. The summed E-state index contributed by atoms with van der Waals surface area (Å²) in [5, 5.41) is 3.50. The predicted octanol–water partition coefficient (Wildman–Crippen LogP) is 4.52. The highest BCUT2D eigenvalue weighted by molar-refractivity contribution is 7.17. The predicted molar refractivity (Wildman–Crippen MR) is 107 cm³/mol. The van der Waals surface area contributed by atoms with Crippen molar-refractivity contribution < 1.29 is 19.1 Å². The van der Waals surface area contributed by atoms with Crippen LogP contribution in [0.2, 0.25) is 0 Å². The van der Waals surface area contributed by atoms with Crippen LogP contribution < -0.4 is 10.1 Å². The number of hydrogen-bond donors (Lipinski definition) is 1. The largest absolute Gasteiger partial charge is 0.481 e. The average molecular weight is 388 g/mol. The SMILES string of the molecule is CCC(Oc1cccc(C)c1)C(=O)Nc1sc2c(c1C(=O)OC)CCCC2. The highest BCUT2D eigenvalue weighted by atomic mass is 32.1. The molecule has 1 amide bonds. The summed E-state index contributed by atoms with van der Waals surface area (Å²) in [6.45, 7) is 3.88. The van der Waals surface area contributed by atoms with Crippen molar-refractivity contribution >= 4 is 28.2 Å². The number of carbonyl (C=O) groups excluding carboxylic acids is 2. The first kappa shape index (κ1) is 19.4. The van der Waals surface area contributed by atoms with Crippen LogP contribution in [0.1, 0.15) is 52.5 Å². The van der Waals surface area contributed by atoms with Gasteiger partial charge in [-0.05, 0) is 62.3 Å². The second kappa shape index (κ2) is 8.57. The maximum absolute atomic E-state index is 12.8. The zero-order valence-electron chi connectivity index (χ0n) is 16.0. The first-order valence-electron chi connectivity index (χ1n) is 9.30. The van der Waals surface area contributed by atoms with E-state index in [0.717, 1.165) is 36.8 Å². The summed E-state index contributed by atoms with van der Waals surface area (Å²) >= 11 is 1.48. The summed E-state index contributed by atoms with van der Waals surface area (Å²) in [4.78, 5) is 26.3. The van der Waals surface area contributed by atoms with Gasteiger partial charge < -0.3 is 14.8 Å². The number of methoxy groups -OCH3 is 1. The first-order chi connectivity index (χ1) is 13.0. The van der Waals surface area contributed by atoms with Crippen LogP contribution in [-0.2, 0) is 22.4 Å². The molecule has 1 N–H and O–H groups in total. The van der Waals surface area contributed by atoms with Gasteiger partial charge in [-0.15, -0.1) is 11.3 Å². The van der Waals surface area contributed by atoms with Crippen molar-refractivity contribution in [3.8, 4) is 5.75 Å². The van der Waals surface area contributed by atoms with Crippen LogP contribution in [0.4, 0.5) is 5.00 Å². The summed E-state index contributed by atoms with van der Waals surface area (Å²) in [5.41, 5.74) is 2.61. The van der Waals surface area contributed by atoms with Gasteiger partial charge >= 0.3 is 5.97 Å². The van der Waals surface area contributed by atoms with E-state index in [0.29, 0.717) is 22.7 Å². The summed E-state index contributed by atoms with van der Waals surface area (Å²) in [6, 6.07) is 7.62. The van der Waals surface area contributed by atoms with Gasteiger partial charge in [-0.25, -0.2) is 4.79 Å². The lowest BCUT2D eigenvalue weighted by molar-refractivity contribution is -0.122. The monoisotopic (exact) mass is 387 g/mol. The molecule has 0 radical (unpaired) electrons. The van der Waals surface area contributed by atoms with Crippen LogP contribution in [0.3, 0.4) is 0 Å².